The summed E-state index contributed by atoms with van der Waals surface area (Å²) in [5, 5.41) is 17.3. The lowest BCUT2D eigenvalue weighted by atomic mass is 10.1. The molecule has 0 unspecified atom stereocenters. The van der Waals surface area contributed by atoms with Crippen molar-refractivity contribution >= 4 is 11.6 Å². The molecule has 0 aliphatic carbocycles. The van der Waals surface area contributed by atoms with Crippen LogP contribution in [0.3, 0.4) is 0 Å². The summed E-state index contributed by atoms with van der Waals surface area (Å²) in [6, 6.07) is 14.1. The van der Waals surface area contributed by atoms with Crippen molar-refractivity contribution in [2.24, 2.45) is 0 Å². The van der Waals surface area contributed by atoms with E-state index in [-0.39, 0.29) is 0 Å². The van der Waals surface area contributed by atoms with Gasteiger partial charge in [0.25, 0.3) is 5.78 Å². The highest BCUT2D eigenvalue weighted by Gasteiger charge is 2.20. The van der Waals surface area contributed by atoms with Gasteiger partial charge < -0.3 is 9.64 Å². The van der Waals surface area contributed by atoms with Crippen LogP contribution in [-0.2, 0) is 4.74 Å². The maximum absolute atomic E-state index is 5.55. The monoisotopic (exact) mass is 439 g/mol. The van der Waals surface area contributed by atoms with E-state index in [0.29, 0.717) is 30.6 Å². The van der Waals surface area contributed by atoms with E-state index in [4.69, 9.17) is 19.9 Å². The second kappa shape index (κ2) is 8.06. The number of hydrogen-bond donors (Lipinski definition) is 0. The molecule has 1 aliphatic rings. The third kappa shape index (κ3) is 3.70. The van der Waals surface area contributed by atoms with Crippen LogP contribution in [0.4, 0.5) is 5.82 Å². The van der Waals surface area contributed by atoms with Crippen LogP contribution >= 0.6 is 0 Å². The molecule has 5 aromatic rings. The van der Waals surface area contributed by atoms with Crippen molar-refractivity contribution in [3.63, 3.8) is 0 Å². The van der Waals surface area contributed by atoms with Gasteiger partial charge >= 0.3 is 0 Å². The maximum Gasteiger partial charge on any atom is 0.256 e. The number of rotatable bonds is 4. The van der Waals surface area contributed by atoms with Crippen LogP contribution in [0.1, 0.15) is 5.56 Å². The lowest BCUT2D eigenvalue weighted by Gasteiger charge is -2.28. The number of morpholine rings is 1. The largest absolute Gasteiger partial charge is 0.378 e. The fourth-order valence-corrected chi connectivity index (χ4v) is 3.93. The Bertz CT molecular complexity index is 1420. The Hall–Kier alpha value is -4.18. The Kier molecular flexibility index (Phi) is 4.76. The van der Waals surface area contributed by atoms with Crippen LogP contribution in [0.15, 0.2) is 61.1 Å². The van der Waals surface area contributed by atoms with Gasteiger partial charge in [-0.2, -0.15) is 29.8 Å². The van der Waals surface area contributed by atoms with Crippen molar-refractivity contribution in [2.45, 2.75) is 6.92 Å². The molecule has 164 valence electrons. The average molecular weight is 439 g/mol. The van der Waals surface area contributed by atoms with Gasteiger partial charge in [-0.3, -0.25) is 0 Å². The molecule has 0 atom stereocenters. The van der Waals surface area contributed by atoms with E-state index in [1.54, 1.807) is 21.6 Å². The van der Waals surface area contributed by atoms with E-state index in [2.05, 4.69) is 45.2 Å². The summed E-state index contributed by atoms with van der Waals surface area (Å²) in [7, 11) is 0. The molecule has 1 fully saturated rings. The summed E-state index contributed by atoms with van der Waals surface area (Å²) >= 11 is 0. The van der Waals surface area contributed by atoms with Crippen LogP contribution < -0.4 is 4.90 Å². The number of anilines is 1. The number of nitrogens with zero attached hydrogens (tertiary/aromatic N) is 9. The van der Waals surface area contributed by atoms with Gasteiger partial charge in [-0.1, -0.05) is 23.8 Å². The highest BCUT2D eigenvalue weighted by atomic mass is 16.5. The minimum absolute atomic E-state index is 0.494. The zero-order chi connectivity index (χ0) is 22.2. The van der Waals surface area contributed by atoms with Crippen LogP contribution in [-0.4, -0.2) is 65.9 Å². The second-order valence-corrected chi connectivity index (χ2v) is 7.87. The van der Waals surface area contributed by atoms with Gasteiger partial charge in [0.05, 0.1) is 31.3 Å². The summed E-state index contributed by atoms with van der Waals surface area (Å²) in [6.07, 6.45) is 5.19. The van der Waals surface area contributed by atoms with E-state index in [1.165, 1.54) is 5.56 Å². The molecule has 0 spiro atoms. The van der Waals surface area contributed by atoms with E-state index in [0.717, 1.165) is 35.7 Å². The molecule has 0 radical (unpaired) electrons. The highest BCUT2D eigenvalue weighted by molar-refractivity contribution is 5.61. The number of fused-ring (bicyclic) bond motifs is 1. The van der Waals surface area contributed by atoms with Gasteiger partial charge in [0.2, 0.25) is 0 Å². The summed E-state index contributed by atoms with van der Waals surface area (Å²) in [4.78, 5) is 11.7. The van der Waals surface area contributed by atoms with Crippen LogP contribution in [0.25, 0.3) is 34.2 Å². The van der Waals surface area contributed by atoms with Crippen molar-refractivity contribution in [3.8, 4) is 28.5 Å². The molecule has 1 aliphatic heterocycles. The Balaban J connectivity index is 1.47. The van der Waals surface area contributed by atoms with E-state index < -0.39 is 0 Å². The van der Waals surface area contributed by atoms with Gasteiger partial charge in [-0.25, -0.2) is 4.68 Å². The minimum Gasteiger partial charge on any atom is -0.378 e. The van der Waals surface area contributed by atoms with Crippen molar-refractivity contribution in [1.29, 1.82) is 0 Å². The van der Waals surface area contributed by atoms with Crippen molar-refractivity contribution in [2.75, 3.05) is 31.2 Å². The molecule has 6 rings (SSSR count). The molecular formula is C23H21N9O. The summed E-state index contributed by atoms with van der Waals surface area (Å²) in [5.74, 6) is 2.61. The number of ether oxygens (including phenoxy) is 1. The van der Waals surface area contributed by atoms with Gasteiger partial charge in [0.15, 0.2) is 11.6 Å². The normalized spacial score (nSPS) is 14.2. The first-order valence-corrected chi connectivity index (χ1v) is 10.8. The van der Waals surface area contributed by atoms with Crippen molar-refractivity contribution in [1.82, 2.24) is 39.6 Å². The molecular weight excluding hydrogens is 418 g/mol. The number of hydrogen-bond acceptors (Lipinski definition) is 8. The molecule has 0 amide bonds. The number of benzene rings is 1. The second-order valence-electron chi connectivity index (χ2n) is 7.87. The standard InChI is InChI=1S/C23H21N9O/c1-16-3-2-4-17(13-16)19-6-8-31(28-19)20-14-21(30-9-11-33-12-10-30)32-23(26-20)27-22(29-32)18-5-7-24-25-15-18/h2-8,13-15H,9-12H2,1H3. The molecule has 10 heteroatoms. The molecule has 10 nitrogen and oxygen atoms in total. The van der Waals surface area contributed by atoms with Crippen LogP contribution in [0.5, 0.6) is 0 Å². The maximum atomic E-state index is 5.55. The molecule has 5 heterocycles. The SMILES string of the molecule is Cc1cccc(-c2ccn(-c3cc(N4CCOCC4)n4nc(-c5ccnnc5)nc4n3)n2)c1. The Morgan fingerprint density at radius 3 is 2.64 bits per heavy atom. The summed E-state index contributed by atoms with van der Waals surface area (Å²) < 4.78 is 9.10. The fourth-order valence-electron chi connectivity index (χ4n) is 3.93. The predicted molar refractivity (Wildman–Crippen MR) is 122 cm³/mol. The first-order chi connectivity index (χ1) is 16.2. The average Bonchev–Trinajstić information content (AvgIpc) is 3.52. The number of aryl methyl sites for hydroxylation is 1. The van der Waals surface area contributed by atoms with Gasteiger partial charge in [0, 0.05) is 36.5 Å². The number of aromatic nitrogens is 8. The lowest BCUT2D eigenvalue weighted by Crippen LogP contribution is -2.37. The molecule has 1 saturated heterocycles. The summed E-state index contributed by atoms with van der Waals surface area (Å²) in [6.45, 7) is 4.92. The summed E-state index contributed by atoms with van der Waals surface area (Å²) in [5.41, 5.74) is 3.93. The molecule has 33 heavy (non-hydrogen) atoms. The lowest BCUT2D eigenvalue weighted by molar-refractivity contribution is 0.122. The van der Waals surface area contributed by atoms with Gasteiger partial charge in [-0.15, -0.1) is 5.10 Å². The van der Waals surface area contributed by atoms with E-state index >= 15 is 0 Å². The van der Waals surface area contributed by atoms with Crippen molar-refractivity contribution < 1.29 is 4.74 Å². The smallest absolute Gasteiger partial charge is 0.256 e. The Morgan fingerprint density at radius 2 is 1.82 bits per heavy atom. The first kappa shape index (κ1) is 19.5. The zero-order valence-electron chi connectivity index (χ0n) is 18.0. The van der Waals surface area contributed by atoms with Crippen LogP contribution in [0, 0.1) is 6.92 Å². The molecule has 0 saturated carbocycles. The molecule has 4 aromatic heterocycles. The van der Waals surface area contributed by atoms with Gasteiger partial charge in [-0.05, 0) is 25.1 Å². The third-order valence-corrected chi connectivity index (χ3v) is 5.59. The van der Waals surface area contributed by atoms with Gasteiger partial charge in [0.1, 0.15) is 5.82 Å². The molecule has 0 bridgehead atoms. The topological polar surface area (TPSA) is 99.2 Å². The highest BCUT2D eigenvalue weighted by Crippen LogP contribution is 2.24. The minimum atomic E-state index is 0.494. The Labute approximate surface area is 189 Å². The molecule has 0 N–H and O–H groups in total. The van der Waals surface area contributed by atoms with E-state index in [9.17, 15) is 0 Å². The fraction of sp³-hybridized carbons (Fsp3) is 0.217. The van der Waals surface area contributed by atoms with Crippen molar-refractivity contribution in [3.05, 3.63) is 66.6 Å². The quantitative estimate of drug-likeness (QED) is 0.421. The molecule has 1 aromatic carbocycles. The Morgan fingerprint density at radius 1 is 0.909 bits per heavy atom. The van der Waals surface area contributed by atoms with E-state index in [1.807, 2.05) is 30.5 Å². The first-order valence-electron chi connectivity index (χ1n) is 10.8. The van der Waals surface area contributed by atoms with Crippen LogP contribution in [0.2, 0.25) is 0 Å². The third-order valence-electron chi connectivity index (χ3n) is 5.59. The zero-order valence-corrected chi connectivity index (χ0v) is 18.0. The predicted octanol–water partition coefficient (Wildman–Crippen LogP) is 2.58.